The number of urea groups is 1. The molecular formula is C13H21N5O. The molecule has 0 spiro atoms. The van der Waals surface area contributed by atoms with Crippen LogP contribution in [0, 0.1) is 0 Å². The molecule has 6 heteroatoms. The van der Waals surface area contributed by atoms with Gasteiger partial charge >= 0.3 is 6.03 Å². The summed E-state index contributed by atoms with van der Waals surface area (Å²) in [6, 6.07) is 3.95. The van der Waals surface area contributed by atoms with Crippen molar-refractivity contribution in [3.63, 3.8) is 0 Å². The quantitative estimate of drug-likeness (QED) is 0.831. The second-order valence-electron chi connectivity index (χ2n) is 5.03. The number of nitrogens with two attached hydrogens (primary N) is 1. The van der Waals surface area contributed by atoms with Gasteiger partial charge in [-0.3, -0.25) is 0 Å². The highest BCUT2D eigenvalue weighted by molar-refractivity contribution is 5.74. The highest BCUT2D eigenvalue weighted by Crippen LogP contribution is 2.14. The van der Waals surface area contributed by atoms with Gasteiger partial charge in [-0.15, -0.1) is 0 Å². The maximum Gasteiger partial charge on any atom is 0.317 e. The fraction of sp³-hybridized carbons (Fsp3) is 0.538. The van der Waals surface area contributed by atoms with Crippen molar-refractivity contribution in [1.82, 2.24) is 15.2 Å². The van der Waals surface area contributed by atoms with E-state index in [0.29, 0.717) is 18.8 Å². The van der Waals surface area contributed by atoms with Crippen molar-refractivity contribution >= 4 is 17.5 Å². The van der Waals surface area contributed by atoms with Crippen LogP contribution in [0.2, 0.25) is 0 Å². The molecule has 1 fully saturated rings. The first-order valence-corrected chi connectivity index (χ1v) is 6.58. The lowest BCUT2D eigenvalue weighted by Crippen LogP contribution is -2.53. The largest absolute Gasteiger partial charge is 0.397 e. The predicted molar refractivity (Wildman–Crippen MR) is 76.1 cm³/mol. The summed E-state index contributed by atoms with van der Waals surface area (Å²) in [4.78, 5) is 20.2. The van der Waals surface area contributed by atoms with Crippen LogP contribution in [-0.4, -0.2) is 48.1 Å². The zero-order valence-electron chi connectivity index (χ0n) is 11.5. The van der Waals surface area contributed by atoms with Crippen molar-refractivity contribution in [3.8, 4) is 0 Å². The smallest absolute Gasteiger partial charge is 0.317 e. The zero-order chi connectivity index (χ0) is 13.8. The van der Waals surface area contributed by atoms with Gasteiger partial charge in [-0.05, 0) is 26.0 Å². The predicted octanol–water partition coefficient (Wildman–Crippen LogP) is 0.904. The Morgan fingerprint density at radius 1 is 1.32 bits per heavy atom. The summed E-state index contributed by atoms with van der Waals surface area (Å²) in [6.07, 6.45) is 1.66. The average molecular weight is 263 g/mol. The monoisotopic (exact) mass is 263 g/mol. The summed E-state index contributed by atoms with van der Waals surface area (Å²) < 4.78 is 0. The minimum Gasteiger partial charge on any atom is -0.397 e. The molecule has 1 aliphatic rings. The summed E-state index contributed by atoms with van der Waals surface area (Å²) in [7, 11) is 0. The summed E-state index contributed by atoms with van der Waals surface area (Å²) in [5.74, 6) is 0.915. The Balaban J connectivity index is 1.88. The number of rotatable bonds is 2. The molecule has 2 rings (SSSR count). The Hall–Kier alpha value is -1.98. The molecule has 0 unspecified atom stereocenters. The number of nitrogen functional groups attached to an aromatic ring is 1. The molecule has 1 aliphatic heterocycles. The van der Waals surface area contributed by atoms with E-state index >= 15 is 0 Å². The minimum absolute atomic E-state index is 0.0138. The number of hydrogen-bond acceptors (Lipinski definition) is 4. The Bertz CT molecular complexity index is 423. The SMILES string of the molecule is CC(C)NC(=O)N1CCN(c2ccc(N)cn2)CC1. The number of hydrogen-bond donors (Lipinski definition) is 2. The van der Waals surface area contributed by atoms with E-state index in [1.54, 1.807) is 6.20 Å². The van der Waals surface area contributed by atoms with Crippen molar-refractivity contribution in [1.29, 1.82) is 0 Å². The van der Waals surface area contributed by atoms with Crippen molar-refractivity contribution in [2.24, 2.45) is 0 Å². The van der Waals surface area contributed by atoms with E-state index in [2.05, 4.69) is 15.2 Å². The normalized spacial score (nSPS) is 15.7. The molecule has 6 nitrogen and oxygen atoms in total. The fourth-order valence-corrected chi connectivity index (χ4v) is 2.06. The van der Waals surface area contributed by atoms with Crippen LogP contribution in [-0.2, 0) is 0 Å². The summed E-state index contributed by atoms with van der Waals surface area (Å²) in [5.41, 5.74) is 6.29. The van der Waals surface area contributed by atoms with Gasteiger partial charge in [-0.1, -0.05) is 0 Å². The number of aromatic nitrogens is 1. The minimum atomic E-state index is 0.0138. The number of amides is 2. The van der Waals surface area contributed by atoms with Crippen LogP contribution in [0.1, 0.15) is 13.8 Å². The van der Waals surface area contributed by atoms with E-state index < -0.39 is 0 Å². The third-order valence-electron chi connectivity index (χ3n) is 3.07. The number of nitrogens with one attached hydrogen (secondary N) is 1. The van der Waals surface area contributed by atoms with E-state index in [0.717, 1.165) is 18.9 Å². The summed E-state index contributed by atoms with van der Waals surface area (Å²) >= 11 is 0. The lowest BCUT2D eigenvalue weighted by atomic mass is 10.3. The lowest BCUT2D eigenvalue weighted by Gasteiger charge is -2.35. The molecular weight excluding hydrogens is 242 g/mol. The van der Waals surface area contributed by atoms with Crippen LogP contribution in [0.5, 0.6) is 0 Å². The summed E-state index contributed by atoms with van der Waals surface area (Å²) in [5, 5.41) is 2.91. The number of anilines is 2. The molecule has 2 amide bonds. The standard InChI is InChI=1S/C13H21N5O/c1-10(2)16-13(19)18-7-5-17(6-8-18)12-4-3-11(14)9-15-12/h3-4,9-10H,5-8,14H2,1-2H3,(H,16,19). The molecule has 0 radical (unpaired) electrons. The Kier molecular flexibility index (Phi) is 4.09. The van der Waals surface area contributed by atoms with E-state index in [9.17, 15) is 4.79 Å². The highest BCUT2D eigenvalue weighted by atomic mass is 16.2. The first-order chi connectivity index (χ1) is 9.06. The molecule has 0 atom stereocenters. The Morgan fingerprint density at radius 3 is 2.53 bits per heavy atom. The van der Waals surface area contributed by atoms with Crippen LogP contribution in [0.25, 0.3) is 0 Å². The van der Waals surface area contributed by atoms with Gasteiger partial charge in [0.05, 0.1) is 11.9 Å². The molecule has 3 N–H and O–H groups in total. The van der Waals surface area contributed by atoms with Crippen LogP contribution in [0.4, 0.5) is 16.3 Å². The molecule has 104 valence electrons. The van der Waals surface area contributed by atoms with E-state index in [1.807, 2.05) is 30.9 Å². The van der Waals surface area contributed by atoms with Crippen LogP contribution in [0.3, 0.4) is 0 Å². The third kappa shape index (κ3) is 3.49. The average Bonchev–Trinajstić information content (AvgIpc) is 2.39. The maximum atomic E-state index is 11.9. The number of piperazine rings is 1. The molecule has 2 heterocycles. The number of pyridine rings is 1. The van der Waals surface area contributed by atoms with E-state index in [1.165, 1.54) is 0 Å². The van der Waals surface area contributed by atoms with Crippen molar-refractivity contribution in [2.45, 2.75) is 19.9 Å². The van der Waals surface area contributed by atoms with Crippen molar-refractivity contribution < 1.29 is 4.79 Å². The molecule has 1 aromatic rings. The molecule has 0 saturated carbocycles. The van der Waals surface area contributed by atoms with Gasteiger partial charge in [0, 0.05) is 32.2 Å². The Morgan fingerprint density at radius 2 is 2.00 bits per heavy atom. The Labute approximate surface area is 113 Å². The second kappa shape index (κ2) is 5.77. The van der Waals surface area contributed by atoms with E-state index in [-0.39, 0.29) is 12.1 Å². The van der Waals surface area contributed by atoms with Gasteiger partial charge in [-0.25, -0.2) is 9.78 Å². The maximum absolute atomic E-state index is 11.9. The summed E-state index contributed by atoms with van der Waals surface area (Å²) in [6.45, 7) is 6.94. The molecule has 1 aromatic heterocycles. The van der Waals surface area contributed by atoms with Crippen LogP contribution >= 0.6 is 0 Å². The lowest BCUT2D eigenvalue weighted by molar-refractivity contribution is 0.191. The first-order valence-electron chi connectivity index (χ1n) is 6.58. The van der Waals surface area contributed by atoms with Gasteiger partial charge < -0.3 is 20.9 Å². The fourth-order valence-electron chi connectivity index (χ4n) is 2.06. The second-order valence-corrected chi connectivity index (χ2v) is 5.03. The van der Waals surface area contributed by atoms with Gasteiger partial charge in [0.1, 0.15) is 5.82 Å². The van der Waals surface area contributed by atoms with Crippen LogP contribution in [0.15, 0.2) is 18.3 Å². The molecule has 19 heavy (non-hydrogen) atoms. The van der Waals surface area contributed by atoms with Gasteiger partial charge in [0.25, 0.3) is 0 Å². The molecule has 0 aliphatic carbocycles. The molecule has 0 aromatic carbocycles. The highest BCUT2D eigenvalue weighted by Gasteiger charge is 2.21. The van der Waals surface area contributed by atoms with Gasteiger partial charge in [0.15, 0.2) is 0 Å². The molecule has 0 bridgehead atoms. The third-order valence-corrected chi connectivity index (χ3v) is 3.07. The van der Waals surface area contributed by atoms with Crippen molar-refractivity contribution in [3.05, 3.63) is 18.3 Å². The van der Waals surface area contributed by atoms with Gasteiger partial charge in [-0.2, -0.15) is 0 Å². The van der Waals surface area contributed by atoms with Crippen LogP contribution < -0.4 is 16.0 Å². The van der Waals surface area contributed by atoms with Gasteiger partial charge in [0.2, 0.25) is 0 Å². The van der Waals surface area contributed by atoms with Crippen molar-refractivity contribution in [2.75, 3.05) is 36.8 Å². The number of carbonyl (C=O) groups is 1. The zero-order valence-corrected chi connectivity index (χ0v) is 11.5. The first kappa shape index (κ1) is 13.5. The molecule has 1 saturated heterocycles. The topological polar surface area (TPSA) is 74.5 Å². The van der Waals surface area contributed by atoms with E-state index in [4.69, 9.17) is 5.73 Å². The number of carbonyl (C=O) groups excluding carboxylic acids is 1. The number of nitrogens with zero attached hydrogens (tertiary/aromatic N) is 3.